The molecule has 1 fully saturated rings. The van der Waals surface area contributed by atoms with Crippen LogP contribution in [-0.4, -0.2) is 36.5 Å². The van der Waals surface area contributed by atoms with Crippen molar-refractivity contribution in [3.05, 3.63) is 0 Å². The highest BCUT2D eigenvalue weighted by atomic mass is 35.5. The van der Waals surface area contributed by atoms with Crippen LogP contribution in [0.2, 0.25) is 0 Å². The van der Waals surface area contributed by atoms with Gasteiger partial charge in [0.05, 0.1) is 23.0 Å². The summed E-state index contributed by atoms with van der Waals surface area (Å²) in [5.74, 6) is 0.216. The Kier molecular flexibility index (Phi) is 2.46. The predicted molar refractivity (Wildman–Crippen MR) is 43.6 cm³/mol. The summed E-state index contributed by atoms with van der Waals surface area (Å²) in [5.41, 5.74) is 0. The van der Waals surface area contributed by atoms with Crippen molar-refractivity contribution >= 4 is 21.4 Å². The fourth-order valence-corrected chi connectivity index (χ4v) is 3.08. The zero-order valence-electron chi connectivity index (χ0n) is 6.09. The molecule has 0 aliphatic carbocycles. The number of hydrogen-bond acceptors (Lipinski definition) is 3. The van der Waals surface area contributed by atoms with Crippen molar-refractivity contribution in [2.24, 2.45) is 0 Å². The Labute approximate surface area is 71.3 Å². The Bertz CT molecular complexity index is 220. The van der Waals surface area contributed by atoms with Crippen LogP contribution in [0.25, 0.3) is 0 Å². The summed E-state index contributed by atoms with van der Waals surface area (Å²) < 4.78 is 21.8. The molecule has 0 aromatic heterocycles. The minimum atomic E-state index is -2.86. The molecule has 3 nitrogen and oxygen atoms in total. The highest BCUT2D eigenvalue weighted by Gasteiger charge is 2.34. The normalized spacial score (nSPS) is 28.2. The molecule has 0 amide bonds. The molecule has 0 aromatic carbocycles. The average molecular weight is 199 g/mol. The van der Waals surface area contributed by atoms with Gasteiger partial charge < -0.3 is 5.11 Å². The average Bonchev–Trinajstić information content (AvgIpc) is 1.97. The van der Waals surface area contributed by atoms with E-state index >= 15 is 0 Å². The highest BCUT2D eigenvalue weighted by Crippen LogP contribution is 2.29. The summed E-state index contributed by atoms with van der Waals surface area (Å²) in [6.45, 7) is -0.135. The molecule has 0 spiro atoms. The maximum Gasteiger partial charge on any atom is 0.150 e. The van der Waals surface area contributed by atoms with Gasteiger partial charge >= 0.3 is 0 Å². The van der Waals surface area contributed by atoms with Gasteiger partial charge in [-0.05, 0) is 12.8 Å². The zero-order chi connectivity index (χ0) is 8.54. The van der Waals surface area contributed by atoms with E-state index in [0.717, 1.165) is 0 Å². The topological polar surface area (TPSA) is 54.4 Å². The number of aliphatic hydroxyl groups excluding tert-OH is 1. The largest absolute Gasteiger partial charge is 0.395 e. The number of hydrogen-bond donors (Lipinski definition) is 1. The van der Waals surface area contributed by atoms with E-state index in [2.05, 4.69) is 0 Å². The van der Waals surface area contributed by atoms with Crippen molar-refractivity contribution in [2.75, 3.05) is 18.1 Å². The molecule has 1 aliphatic heterocycles. The second kappa shape index (κ2) is 2.92. The van der Waals surface area contributed by atoms with Gasteiger partial charge in [0, 0.05) is 0 Å². The molecule has 11 heavy (non-hydrogen) atoms. The minimum absolute atomic E-state index is 0.108. The lowest BCUT2D eigenvalue weighted by Crippen LogP contribution is -2.37. The molecule has 0 saturated carbocycles. The SMILES string of the molecule is O=S1(=O)CCC(Cl)(CO)CC1. The third kappa shape index (κ3) is 2.32. The van der Waals surface area contributed by atoms with Crippen molar-refractivity contribution in [2.45, 2.75) is 17.7 Å². The number of rotatable bonds is 1. The first-order chi connectivity index (χ1) is 4.97. The minimum Gasteiger partial charge on any atom is -0.395 e. The lowest BCUT2D eigenvalue weighted by Gasteiger charge is -2.28. The molecule has 0 unspecified atom stereocenters. The summed E-state index contributed by atoms with van der Waals surface area (Å²) >= 11 is 5.87. The van der Waals surface area contributed by atoms with Gasteiger partial charge in [0.25, 0.3) is 0 Å². The first-order valence-electron chi connectivity index (χ1n) is 3.48. The predicted octanol–water partition coefficient (Wildman–Crippen LogP) is 0.165. The number of halogens is 1. The Morgan fingerprint density at radius 3 is 2.18 bits per heavy atom. The number of aliphatic hydroxyl groups is 1. The van der Waals surface area contributed by atoms with E-state index in [9.17, 15) is 8.42 Å². The molecule has 1 aliphatic rings. The first kappa shape index (κ1) is 9.29. The Balaban J connectivity index is 2.62. The van der Waals surface area contributed by atoms with Crippen LogP contribution in [-0.2, 0) is 9.84 Å². The van der Waals surface area contributed by atoms with Gasteiger partial charge in [-0.25, -0.2) is 8.42 Å². The quantitative estimate of drug-likeness (QED) is 0.611. The van der Waals surface area contributed by atoms with E-state index in [-0.39, 0.29) is 18.1 Å². The maximum absolute atomic E-state index is 10.9. The van der Waals surface area contributed by atoms with E-state index < -0.39 is 14.7 Å². The van der Waals surface area contributed by atoms with E-state index in [1.54, 1.807) is 0 Å². The van der Waals surface area contributed by atoms with Crippen LogP contribution in [0.3, 0.4) is 0 Å². The smallest absolute Gasteiger partial charge is 0.150 e. The number of alkyl halides is 1. The Hall–Kier alpha value is 0.200. The molecule has 0 bridgehead atoms. The molecular formula is C6H11ClO3S. The molecule has 0 atom stereocenters. The van der Waals surface area contributed by atoms with Crippen molar-refractivity contribution < 1.29 is 13.5 Å². The first-order valence-corrected chi connectivity index (χ1v) is 5.68. The van der Waals surface area contributed by atoms with Gasteiger partial charge in [-0.1, -0.05) is 0 Å². The molecule has 1 saturated heterocycles. The molecule has 1 heterocycles. The third-order valence-corrected chi connectivity index (χ3v) is 4.16. The van der Waals surface area contributed by atoms with Gasteiger partial charge in [0.2, 0.25) is 0 Å². The summed E-state index contributed by atoms with van der Waals surface area (Å²) in [5, 5.41) is 8.79. The molecule has 1 N–H and O–H groups in total. The number of sulfone groups is 1. The molecule has 0 radical (unpaired) electrons. The third-order valence-electron chi connectivity index (χ3n) is 2.01. The molecule has 5 heteroatoms. The van der Waals surface area contributed by atoms with E-state index in [0.29, 0.717) is 12.8 Å². The monoisotopic (exact) mass is 198 g/mol. The van der Waals surface area contributed by atoms with Crippen LogP contribution in [0.5, 0.6) is 0 Å². The molecular weight excluding hydrogens is 188 g/mol. The molecule has 1 rings (SSSR count). The second-order valence-corrected chi connectivity index (χ2v) is 6.07. The fraction of sp³-hybridized carbons (Fsp3) is 1.00. The summed E-state index contributed by atoms with van der Waals surface area (Å²) in [6, 6.07) is 0. The van der Waals surface area contributed by atoms with Gasteiger partial charge in [-0.3, -0.25) is 0 Å². The molecule has 66 valence electrons. The Morgan fingerprint density at radius 2 is 1.82 bits per heavy atom. The molecule has 0 aromatic rings. The second-order valence-electron chi connectivity index (χ2n) is 2.96. The highest BCUT2D eigenvalue weighted by molar-refractivity contribution is 7.91. The van der Waals surface area contributed by atoms with Crippen LogP contribution in [0, 0.1) is 0 Å². The lowest BCUT2D eigenvalue weighted by molar-refractivity contribution is 0.234. The lowest BCUT2D eigenvalue weighted by atomic mass is 10.0. The fourth-order valence-electron chi connectivity index (χ4n) is 1.06. The van der Waals surface area contributed by atoms with Gasteiger partial charge in [-0.2, -0.15) is 0 Å². The summed E-state index contributed by atoms with van der Waals surface area (Å²) in [6.07, 6.45) is 0.737. The van der Waals surface area contributed by atoms with Crippen LogP contribution < -0.4 is 0 Å². The van der Waals surface area contributed by atoms with E-state index in [4.69, 9.17) is 16.7 Å². The van der Waals surface area contributed by atoms with Crippen LogP contribution in [0.4, 0.5) is 0 Å². The van der Waals surface area contributed by atoms with Crippen LogP contribution in [0.1, 0.15) is 12.8 Å². The van der Waals surface area contributed by atoms with Crippen molar-refractivity contribution in [3.63, 3.8) is 0 Å². The summed E-state index contributed by atoms with van der Waals surface area (Å²) in [7, 11) is -2.86. The van der Waals surface area contributed by atoms with Crippen molar-refractivity contribution in [3.8, 4) is 0 Å². The van der Waals surface area contributed by atoms with E-state index in [1.165, 1.54) is 0 Å². The van der Waals surface area contributed by atoms with Crippen molar-refractivity contribution in [1.82, 2.24) is 0 Å². The zero-order valence-corrected chi connectivity index (χ0v) is 7.66. The standard InChI is InChI=1S/C6H11ClO3S/c7-6(5-8)1-3-11(9,10)4-2-6/h8H,1-5H2. The summed E-state index contributed by atoms with van der Waals surface area (Å²) in [4.78, 5) is -0.675. The van der Waals surface area contributed by atoms with E-state index in [1.807, 2.05) is 0 Å². The van der Waals surface area contributed by atoms with Crippen LogP contribution in [0.15, 0.2) is 0 Å². The maximum atomic E-state index is 10.9. The van der Waals surface area contributed by atoms with Crippen molar-refractivity contribution in [1.29, 1.82) is 0 Å². The van der Waals surface area contributed by atoms with Gasteiger partial charge in [0.15, 0.2) is 0 Å². The van der Waals surface area contributed by atoms with Gasteiger partial charge in [0.1, 0.15) is 9.84 Å². The Morgan fingerprint density at radius 1 is 1.36 bits per heavy atom. The van der Waals surface area contributed by atoms with Crippen LogP contribution >= 0.6 is 11.6 Å². The van der Waals surface area contributed by atoms with Gasteiger partial charge in [-0.15, -0.1) is 11.6 Å².